The maximum Gasteiger partial charge on any atom is 0.270 e. The first-order valence-electron chi connectivity index (χ1n) is 7.80. The fourth-order valence-electron chi connectivity index (χ4n) is 2.18. The minimum absolute atomic E-state index is 0.150. The molecule has 1 N–H and O–H groups in total. The van der Waals surface area contributed by atoms with Gasteiger partial charge in [0, 0.05) is 12.6 Å². The minimum Gasteiger partial charge on any atom is -0.359 e. The monoisotopic (exact) mass is 304 g/mol. The number of amides is 1. The summed E-state index contributed by atoms with van der Waals surface area (Å²) in [5.41, 5.74) is 2.39. The fourth-order valence-corrected chi connectivity index (χ4v) is 2.18. The highest BCUT2D eigenvalue weighted by Crippen LogP contribution is 2.17. The Balaban J connectivity index is 2.14. The van der Waals surface area contributed by atoms with Crippen molar-refractivity contribution < 1.29 is 9.32 Å². The van der Waals surface area contributed by atoms with Crippen LogP contribution in [0.2, 0.25) is 0 Å². The molecule has 6 heteroatoms. The summed E-state index contributed by atoms with van der Waals surface area (Å²) >= 11 is 0. The van der Waals surface area contributed by atoms with Crippen molar-refractivity contribution in [3.05, 3.63) is 35.0 Å². The van der Waals surface area contributed by atoms with E-state index in [1.165, 1.54) is 0 Å². The van der Waals surface area contributed by atoms with Gasteiger partial charge in [0.05, 0.1) is 17.4 Å². The summed E-state index contributed by atoms with van der Waals surface area (Å²) in [5.74, 6) is 0.804. The van der Waals surface area contributed by atoms with Gasteiger partial charge in [-0.1, -0.05) is 25.9 Å². The average molecular weight is 304 g/mol. The first-order valence-corrected chi connectivity index (χ1v) is 7.80. The molecule has 0 aliphatic rings. The van der Waals surface area contributed by atoms with Gasteiger partial charge in [-0.15, -0.1) is 0 Å². The van der Waals surface area contributed by atoms with Gasteiger partial charge >= 0.3 is 0 Å². The lowest BCUT2D eigenvalue weighted by molar-refractivity contribution is 0.0923. The van der Waals surface area contributed by atoms with Gasteiger partial charge in [-0.2, -0.15) is 5.10 Å². The summed E-state index contributed by atoms with van der Waals surface area (Å²) < 4.78 is 7.00. The van der Waals surface area contributed by atoms with Crippen LogP contribution in [0.25, 0.3) is 0 Å². The zero-order valence-electron chi connectivity index (χ0n) is 13.9. The third-order valence-corrected chi connectivity index (χ3v) is 3.64. The van der Waals surface area contributed by atoms with E-state index in [2.05, 4.69) is 29.4 Å². The van der Waals surface area contributed by atoms with Crippen molar-refractivity contribution in [1.29, 1.82) is 0 Å². The van der Waals surface area contributed by atoms with Gasteiger partial charge in [0.1, 0.15) is 5.69 Å². The van der Waals surface area contributed by atoms with E-state index in [0.717, 1.165) is 17.8 Å². The van der Waals surface area contributed by atoms with Gasteiger partial charge < -0.3 is 9.84 Å². The Hall–Kier alpha value is -2.11. The molecule has 2 rings (SSSR count). The van der Waals surface area contributed by atoms with Crippen LogP contribution in [-0.2, 0) is 13.0 Å². The third kappa shape index (κ3) is 3.37. The van der Waals surface area contributed by atoms with Crippen LogP contribution >= 0.6 is 0 Å². The summed E-state index contributed by atoms with van der Waals surface area (Å²) in [5, 5.41) is 11.4. The van der Waals surface area contributed by atoms with E-state index in [1.807, 2.05) is 32.9 Å². The first kappa shape index (κ1) is 16.3. The molecule has 2 aromatic heterocycles. The highest BCUT2D eigenvalue weighted by atomic mass is 16.5. The van der Waals surface area contributed by atoms with Gasteiger partial charge in [-0.25, -0.2) is 0 Å². The van der Waals surface area contributed by atoms with Crippen LogP contribution < -0.4 is 5.32 Å². The number of aromatic nitrogens is 3. The first-order chi connectivity index (χ1) is 10.5. The number of nitrogens with one attached hydrogen (secondary N) is 1. The molecule has 1 amide bonds. The molecule has 2 heterocycles. The third-order valence-electron chi connectivity index (χ3n) is 3.64. The van der Waals surface area contributed by atoms with Crippen molar-refractivity contribution in [1.82, 2.24) is 20.3 Å². The molecule has 0 spiro atoms. The van der Waals surface area contributed by atoms with Crippen molar-refractivity contribution in [2.75, 3.05) is 0 Å². The second-order valence-electron chi connectivity index (χ2n) is 5.69. The van der Waals surface area contributed by atoms with Crippen LogP contribution in [0.3, 0.4) is 0 Å². The molecule has 1 unspecified atom stereocenters. The Morgan fingerprint density at radius 1 is 1.32 bits per heavy atom. The highest BCUT2D eigenvalue weighted by Gasteiger charge is 2.20. The quantitative estimate of drug-likeness (QED) is 0.890. The number of aryl methyl sites for hydroxylation is 2. The van der Waals surface area contributed by atoms with Crippen molar-refractivity contribution >= 4 is 5.91 Å². The summed E-state index contributed by atoms with van der Waals surface area (Å²) in [6, 6.07) is 3.50. The van der Waals surface area contributed by atoms with Gasteiger partial charge in [-0.05, 0) is 32.3 Å². The molecule has 0 saturated heterocycles. The van der Waals surface area contributed by atoms with Gasteiger partial charge in [0.25, 0.3) is 5.91 Å². The lowest BCUT2D eigenvalue weighted by Crippen LogP contribution is -2.28. The minimum atomic E-state index is -0.233. The van der Waals surface area contributed by atoms with Crippen LogP contribution in [0.1, 0.15) is 74.2 Å². The second-order valence-corrected chi connectivity index (χ2v) is 5.69. The van der Waals surface area contributed by atoms with E-state index < -0.39 is 0 Å². The Morgan fingerprint density at radius 2 is 2.05 bits per heavy atom. The average Bonchev–Trinajstić information content (AvgIpc) is 3.13. The standard InChI is InChI=1S/C16H24N4O2/c1-6-12-8-15(22-19-12)11(5)17-16(21)14-9-13(10(3)4)18-20(14)7-2/h8-11H,6-7H2,1-5H3,(H,17,21). The van der Waals surface area contributed by atoms with E-state index in [0.29, 0.717) is 18.0 Å². The molecule has 6 nitrogen and oxygen atoms in total. The Kier molecular flexibility index (Phi) is 5.00. The molecule has 1 atom stereocenters. The number of hydrogen-bond acceptors (Lipinski definition) is 4. The van der Waals surface area contributed by atoms with Crippen molar-refractivity contribution in [3.8, 4) is 0 Å². The highest BCUT2D eigenvalue weighted by molar-refractivity contribution is 5.92. The smallest absolute Gasteiger partial charge is 0.270 e. The number of nitrogens with zero attached hydrogens (tertiary/aromatic N) is 3. The predicted molar refractivity (Wildman–Crippen MR) is 83.8 cm³/mol. The van der Waals surface area contributed by atoms with Crippen LogP contribution in [0.4, 0.5) is 0 Å². The summed E-state index contributed by atoms with van der Waals surface area (Å²) in [4.78, 5) is 12.5. The molecule has 0 aromatic carbocycles. The second kappa shape index (κ2) is 6.77. The summed E-state index contributed by atoms with van der Waals surface area (Å²) in [7, 11) is 0. The number of carbonyl (C=O) groups is 1. The topological polar surface area (TPSA) is 73.0 Å². The maximum atomic E-state index is 12.5. The van der Waals surface area contributed by atoms with E-state index >= 15 is 0 Å². The normalized spacial score (nSPS) is 12.6. The van der Waals surface area contributed by atoms with Crippen LogP contribution in [0.15, 0.2) is 16.7 Å². The molecular formula is C16H24N4O2. The lowest BCUT2D eigenvalue weighted by Gasteiger charge is -2.11. The molecule has 0 radical (unpaired) electrons. The largest absolute Gasteiger partial charge is 0.359 e. The molecule has 2 aromatic rings. The molecule has 0 aliphatic heterocycles. The Morgan fingerprint density at radius 3 is 2.59 bits per heavy atom. The zero-order chi connectivity index (χ0) is 16.3. The van der Waals surface area contributed by atoms with E-state index in [1.54, 1.807) is 4.68 Å². The molecule has 0 saturated carbocycles. The number of hydrogen-bond donors (Lipinski definition) is 1. The van der Waals surface area contributed by atoms with E-state index in [-0.39, 0.29) is 17.9 Å². The molecular weight excluding hydrogens is 280 g/mol. The van der Waals surface area contributed by atoms with Gasteiger partial charge in [-0.3, -0.25) is 9.48 Å². The van der Waals surface area contributed by atoms with Crippen LogP contribution in [0, 0.1) is 0 Å². The maximum absolute atomic E-state index is 12.5. The lowest BCUT2D eigenvalue weighted by atomic mass is 10.1. The summed E-state index contributed by atoms with van der Waals surface area (Å²) in [6.45, 7) is 10.7. The SMILES string of the molecule is CCc1cc(C(C)NC(=O)c2cc(C(C)C)nn2CC)on1. The molecule has 0 aliphatic carbocycles. The van der Waals surface area contributed by atoms with Crippen molar-refractivity contribution in [2.24, 2.45) is 0 Å². The van der Waals surface area contributed by atoms with E-state index in [9.17, 15) is 4.79 Å². The van der Waals surface area contributed by atoms with Crippen LogP contribution in [-0.4, -0.2) is 20.8 Å². The zero-order valence-corrected chi connectivity index (χ0v) is 13.9. The van der Waals surface area contributed by atoms with Gasteiger partial charge in [0.15, 0.2) is 5.76 Å². The Labute approximate surface area is 130 Å². The molecule has 0 fully saturated rings. The molecule has 22 heavy (non-hydrogen) atoms. The Bertz CT molecular complexity index is 642. The van der Waals surface area contributed by atoms with E-state index in [4.69, 9.17) is 4.52 Å². The number of carbonyl (C=O) groups excluding carboxylic acids is 1. The number of rotatable bonds is 6. The predicted octanol–water partition coefficient (Wildman–Crippen LogP) is 3.07. The molecule has 120 valence electrons. The molecule has 0 bridgehead atoms. The van der Waals surface area contributed by atoms with Crippen molar-refractivity contribution in [2.45, 2.75) is 59.5 Å². The van der Waals surface area contributed by atoms with Crippen LogP contribution in [0.5, 0.6) is 0 Å². The van der Waals surface area contributed by atoms with Gasteiger partial charge in [0.2, 0.25) is 0 Å². The van der Waals surface area contributed by atoms with Crippen molar-refractivity contribution in [3.63, 3.8) is 0 Å². The summed E-state index contributed by atoms with van der Waals surface area (Å²) in [6.07, 6.45) is 0.810. The fraction of sp³-hybridized carbons (Fsp3) is 0.562.